The summed E-state index contributed by atoms with van der Waals surface area (Å²) >= 11 is 0. The van der Waals surface area contributed by atoms with Crippen LogP contribution in [0.25, 0.3) is 0 Å². The Kier molecular flexibility index (Phi) is 3.39. The Morgan fingerprint density at radius 3 is 1.69 bits per heavy atom. The Labute approximate surface area is 83.5 Å². The molecular weight excluding hydrogens is 158 g/mol. The first-order valence-corrected chi connectivity index (χ1v) is 5.57. The summed E-state index contributed by atoms with van der Waals surface area (Å²) in [6.07, 6.45) is 5.64. The maximum atomic E-state index is 2.39. The van der Waals surface area contributed by atoms with Crippen molar-refractivity contribution in [3.63, 3.8) is 0 Å². The Morgan fingerprint density at radius 1 is 0.923 bits per heavy atom. The van der Waals surface area contributed by atoms with Gasteiger partial charge in [-0.2, -0.15) is 0 Å². The molecule has 1 fully saturated rings. The number of rotatable bonds is 1. The summed E-state index contributed by atoms with van der Waals surface area (Å²) in [4.78, 5) is 2.39. The van der Waals surface area contributed by atoms with E-state index in [0.29, 0.717) is 5.41 Å². The van der Waals surface area contributed by atoms with E-state index in [0.717, 1.165) is 12.0 Å². The van der Waals surface area contributed by atoms with Crippen LogP contribution in [0.1, 0.15) is 46.5 Å². The SMILES string of the molecule is CN(C)C1CCC(C(C)(C)C)CC1. The van der Waals surface area contributed by atoms with Crippen LogP contribution < -0.4 is 0 Å². The second kappa shape index (κ2) is 4.00. The highest BCUT2D eigenvalue weighted by Crippen LogP contribution is 2.38. The molecular formula is C12H25N. The van der Waals surface area contributed by atoms with Crippen molar-refractivity contribution in [1.29, 1.82) is 0 Å². The second-order valence-electron chi connectivity index (χ2n) is 5.84. The third-order valence-corrected chi connectivity index (χ3v) is 3.65. The Balaban J connectivity index is 2.39. The summed E-state index contributed by atoms with van der Waals surface area (Å²) in [5.41, 5.74) is 0.525. The van der Waals surface area contributed by atoms with Crippen molar-refractivity contribution in [3.05, 3.63) is 0 Å². The molecule has 0 amide bonds. The molecule has 0 aromatic carbocycles. The van der Waals surface area contributed by atoms with Gasteiger partial charge in [0, 0.05) is 6.04 Å². The quantitative estimate of drug-likeness (QED) is 0.603. The Morgan fingerprint density at radius 2 is 1.38 bits per heavy atom. The lowest BCUT2D eigenvalue weighted by atomic mass is 9.71. The molecule has 0 unspecified atom stereocenters. The third-order valence-electron chi connectivity index (χ3n) is 3.65. The minimum atomic E-state index is 0.525. The molecule has 0 heterocycles. The first-order chi connectivity index (χ1) is 5.91. The molecule has 0 atom stereocenters. The zero-order valence-corrected chi connectivity index (χ0v) is 9.93. The minimum absolute atomic E-state index is 0.525. The van der Waals surface area contributed by atoms with E-state index in [1.807, 2.05) is 0 Å². The highest BCUT2D eigenvalue weighted by molar-refractivity contribution is 4.82. The molecule has 1 aliphatic rings. The molecule has 0 N–H and O–H groups in total. The van der Waals surface area contributed by atoms with Gasteiger partial charge < -0.3 is 4.90 Å². The van der Waals surface area contributed by atoms with Gasteiger partial charge >= 0.3 is 0 Å². The topological polar surface area (TPSA) is 3.24 Å². The van der Waals surface area contributed by atoms with E-state index in [4.69, 9.17) is 0 Å². The van der Waals surface area contributed by atoms with Crippen LogP contribution >= 0.6 is 0 Å². The monoisotopic (exact) mass is 183 g/mol. The van der Waals surface area contributed by atoms with Crippen LogP contribution in [0.5, 0.6) is 0 Å². The van der Waals surface area contributed by atoms with Gasteiger partial charge in [-0.05, 0) is 51.1 Å². The molecule has 78 valence electrons. The van der Waals surface area contributed by atoms with Gasteiger partial charge in [0.1, 0.15) is 0 Å². The number of hydrogen-bond acceptors (Lipinski definition) is 1. The second-order valence-corrected chi connectivity index (χ2v) is 5.84. The fourth-order valence-electron chi connectivity index (χ4n) is 2.46. The van der Waals surface area contributed by atoms with Crippen molar-refractivity contribution < 1.29 is 0 Å². The first kappa shape index (κ1) is 11.0. The molecule has 0 aliphatic heterocycles. The maximum Gasteiger partial charge on any atom is 0.00893 e. The van der Waals surface area contributed by atoms with E-state index in [9.17, 15) is 0 Å². The summed E-state index contributed by atoms with van der Waals surface area (Å²) in [6, 6.07) is 0.846. The predicted octanol–water partition coefficient (Wildman–Crippen LogP) is 3.15. The highest BCUT2D eigenvalue weighted by atomic mass is 15.1. The van der Waals surface area contributed by atoms with Gasteiger partial charge in [0.2, 0.25) is 0 Å². The first-order valence-electron chi connectivity index (χ1n) is 5.57. The summed E-state index contributed by atoms with van der Waals surface area (Å²) in [6.45, 7) is 7.15. The lowest BCUT2D eigenvalue weighted by molar-refractivity contribution is 0.124. The third kappa shape index (κ3) is 2.98. The molecule has 0 bridgehead atoms. The average Bonchev–Trinajstić information content (AvgIpc) is 2.03. The van der Waals surface area contributed by atoms with Crippen LogP contribution in [0.15, 0.2) is 0 Å². The van der Waals surface area contributed by atoms with Crippen molar-refractivity contribution >= 4 is 0 Å². The van der Waals surface area contributed by atoms with Gasteiger partial charge in [-0.1, -0.05) is 20.8 Å². The summed E-state index contributed by atoms with van der Waals surface area (Å²) in [5.74, 6) is 0.948. The smallest absolute Gasteiger partial charge is 0.00893 e. The molecule has 13 heavy (non-hydrogen) atoms. The van der Waals surface area contributed by atoms with E-state index >= 15 is 0 Å². The van der Waals surface area contributed by atoms with E-state index in [-0.39, 0.29) is 0 Å². The van der Waals surface area contributed by atoms with Crippen LogP contribution in [0, 0.1) is 11.3 Å². The van der Waals surface area contributed by atoms with Crippen LogP contribution in [0.2, 0.25) is 0 Å². The lowest BCUT2D eigenvalue weighted by Crippen LogP contribution is -2.35. The van der Waals surface area contributed by atoms with Gasteiger partial charge in [0.25, 0.3) is 0 Å². The van der Waals surface area contributed by atoms with Crippen molar-refractivity contribution in [2.24, 2.45) is 11.3 Å². The number of nitrogens with zero attached hydrogens (tertiary/aromatic N) is 1. The fraction of sp³-hybridized carbons (Fsp3) is 1.00. The van der Waals surface area contributed by atoms with Gasteiger partial charge in [-0.15, -0.1) is 0 Å². The molecule has 0 aromatic rings. The van der Waals surface area contributed by atoms with Crippen molar-refractivity contribution in [2.75, 3.05) is 14.1 Å². The van der Waals surface area contributed by atoms with Crippen molar-refractivity contribution in [3.8, 4) is 0 Å². The van der Waals surface area contributed by atoms with Gasteiger partial charge in [-0.25, -0.2) is 0 Å². The molecule has 0 spiro atoms. The molecule has 1 rings (SSSR count). The molecule has 1 saturated carbocycles. The van der Waals surface area contributed by atoms with Crippen LogP contribution in [0.4, 0.5) is 0 Å². The Bertz CT molecular complexity index is 147. The van der Waals surface area contributed by atoms with E-state index in [1.54, 1.807) is 0 Å². The largest absolute Gasteiger partial charge is 0.306 e. The van der Waals surface area contributed by atoms with Crippen LogP contribution in [-0.2, 0) is 0 Å². The van der Waals surface area contributed by atoms with E-state index in [1.165, 1.54) is 25.7 Å². The van der Waals surface area contributed by atoms with E-state index in [2.05, 4.69) is 39.8 Å². The maximum absolute atomic E-state index is 2.39. The van der Waals surface area contributed by atoms with Crippen LogP contribution in [0.3, 0.4) is 0 Å². The van der Waals surface area contributed by atoms with Crippen molar-refractivity contribution in [1.82, 2.24) is 4.90 Å². The molecule has 0 radical (unpaired) electrons. The fourth-order valence-corrected chi connectivity index (χ4v) is 2.46. The predicted molar refractivity (Wildman–Crippen MR) is 58.9 cm³/mol. The molecule has 1 aliphatic carbocycles. The van der Waals surface area contributed by atoms with Gasteiger partial charge in [0.15, 0.2) is 0 Å². The standard InChI is InChI=1S/C12H25N/c1-12(2,3)10-6-8-11(9-7-10)13(4)5/h10-11H,6-9H2,1-5H3. The highest BCUT2D eigenvalue weighted by Gasteiger charge is 2.29. The molecule has 1 heteroatoms. The Hall–Kier alpha value is -0.0400. The van der Waals surface area contributed by atoms with Crippen molar-refractivity contribution in [2.45, 2.75) is 52.5 Å². The molecule has 0 aromatic heterocycles. The van der Waals surface area contributed by atoms with Gasteiger partial charge in [0.05, 0.1) is 0 Å². The van der Waals surface area contributed by atoms with Gasteiger partial charge in [-0.3, -0.25) is 0 Å². The minimum Gasteiger partial charge on any atom is -0.306 e. The summed E-state index contributed by atoms with van der Waals surface area (Å²) in [7, 11) is 4.42. The number of hydrogen-bond donors (Lipinski definition) is 0. The summed E-state index contributed by atoms with van der Waals surface area (Å²) < 4.78 is 0. The molecule has 0 saturated heterocycles. The van der Waals surface area contributed by atoms with E-state index < -0.39 is 0 Å². The van der Waals surface area contributed by atoms with Crippen LogP contribution in [-0.4, -0.2) is 25.0 Å². The normalized spacial score (nSPS) is 30.9. The zero-order valence-electron chi connectivity index (χ0n) is 9.93. The lowest BCUT2D eigenvalue weighted by Gasteiger charge is -2.39. The summed E-state index contributed by atoms with van der Waals surface area (Å²) in [5, 5.41) is 0. The average molecular weight is 183 g/mol. The zero-order chi connectivity index (χ0) is 10.1. The molecule has 1 nitrogen and oxygen atoms in total.